The fraction of sp³-hybridized carbons (Fsp3) is 0.471. The molecule has 1 fully saturated rings. The number of hydrogen-bond donors (Lipinski definition) is 1. The maximum absolute atomic E-state index is 5.58. The van der Waals surface area contributed by atoms with Gasteiger partial charge in [0.05, 0.1) is 5.00 Å². The van der Waals surface area contributed by atoms with Crippen molar-refractivity contribution in [3.05, 3.63) is 40.7 Å². The van der Waals surface area contributed by atoms with Gasteiger partial charge in [-0.3, -0.25) is 4.99 Å². The van der Waals surface area contributed by atoms with E-state index in [9.17, 15) is 0 Å². The molecule has 0 bridgehead atoms. The van der Waals surface area contributed by atoms with Crippen LogP contribution in [0.25, 0.3) is 0 Å². The molecule has 24 heavy (non-hydrogen) atoms. The lowest BCUT2D eigenvalue weighted by Crippen LogP contribution is -2.52. The minimum atomic E-state index is 0. The van der Waals surface area contributed by atoms with Gasteiger partial charge in [0, 0.05) is 45.3 Å². The molecular weight excluding hydrogens is 435 g/mol. The number of halogens is 1. The van der Waals surface area contributed by atoms with Crippen molar-refractivity contribution in [2.75, 3.05) is 38.1 Å². The molecule has 0 saturated carbocycles. The first kappa shape index (κ1) is 19.1. The second-order valence-electron chi connectivity index (χ2n) is 5.76. The van der Waals surface area contributed by atoms with Crippen molar-refractivity contribution in [3.8, 4) is 0 Å². The Bertz CT molecular complexity index is 660. The molecule has 2 aromatic rings. The summed E-state index contributed by atoms with van der Waals surface area (Å²) >= 11 is 1.81. The van der Waals surface area contributed by atoms with Crippen LogP contribution >= 0.6 is 35.3 Å². The van der Waals surface area contributed by atoms with Crippen LogP contribution in [0.2, 0.25) is 0 Å². The van der Waals surface area contributed by atoms with Crippen LogP contribution in [0.4, 0.5) is 5.00 Å². The number of aryl methyl sites for hydroxylation is 2. The van der Waals surface area contributed by atoms with Crippen molar-refractivity contribution >= 4 is 46.3 Å². The largest absolute Gasteiger partial charge is 0.466 e. The van der Waals surface area contributed by atoms with Crippen molar-refractivity contribution in [2.24, 2.45) is 4.99 Å². The van der Waals surface area contributed by atoms with Gasteiger partial charge >= 0.3 is 0 Å². The second-order valence-corrected chi connectivity index (χ2v) is 6.69. The van der Waals surface area contributed by atoms with E-state index in [-0.39, 0.29) is 24.0 Å². The number of anilines is 1. The molecule has 0 aromatic carbocycles. The van der Waals surface area contributed by atoms with E-state index in [1.165, 1.54) is 10.6 Å². The number of piperazine rings is 1. The lowest BCUT2D eigenvalue weighted by Gasteiger charge is -2.37. The summed E-state index contributed by atoms with van der Waals surface area (Å²) in [5.74, 6) is 2.90. The number of nitrogens with one attached hydrogen (secondary N) is 1. The zero-order valence-corrected chi connectivity index (χ0v) is 17.6. The maximum atomic E-state index is 5.58. The lowest BCUT2D eigenvalue weighted by molar-refractivity contribution is 0.373. The summed E-state index contributed by atoms with van der Waals surface area (Å²) in [4.78, 5) is 9.20. The third kappa shape index (κ3) is 4.44. The Morgan fingerprint density at radius 3 is 2.58 bits per heavy atom. The number of thiophene rings is 1. The number of guanidine groups is 1. The zero-order chi connectivity index (χ0) is 16.2. The standard InChI is InChI=1S/C17H24N4OS.HI/c1-13-11-15(14(2)22-13)12-19-17(18-3)21-8-6-20(7-9-21)16-5-4-10-23-16;/h4-5,10-11H,6-9,12H2,1-3H3,(H,18,19);1H. The molecule has 0 aliphatic carbocycles. The van der Waals surface area contributed by atoms with E-state index >= 15 is 0 Å². The average Bonchev–Trinajstić information content (AvgIpc) is 3.19. The molecular formula is C17H25IN4OS. The highest BCUT2D eigenvalue weighted by molar-refractivity contribution is 14.0. The van der Waals surface area contributed by atoms with Gasteiger partial charge in [-0.05, 0) is 37.4 Å². The molecule has 0 unspecified atom stereocenters. The van der Waals surface area contributed by atoms with Gasteiger partial charge in [0.2, 0.25) is 0 Å². The SMILES string of the molecule is CN=C(NCc1cc(C)oc1C)N1CCN(c2cccs2)CC1.I. The Morgan fingerprint density at radius 1 is 1.29 bits per heavy atom. The van der Waals surface area contributed by atoms with E-state index in [0.29, 0.717) is 0 Å². The molecule has 3 rings (SSSR count). The molecule has 1 aliphatic heterocycles. The van der Waals surface area contributed by atoms with E-state index < -0.39 is 0 Å². The quantitative estimate of drug-likeness (QED) is 0.433. The van der Waals surface area contributed by atoms with E-state index in [2.05, 4.69) is 43.7 Å². The van der Waals surface area contributed by atoms with Crippen molar-refractivity contribution in [1.29, 1.82) is 0 Å². The molecule has 7 heteroatoms. The number of aliphatic imine (C=N–C) groups is 1. The summed E-state index contributed by atoms with van der Waals surface area (Å²) < 4.78 is 5.58. The molecule has 0 spiro atoms. The number of rotatable bonds is 3. The summed E-state index contributed by atoms with van der Waals surface area (Å²) in [7, 11) is 1.85. The van der Waals surface area contributed by atoms with Gasteiger partial charge in [0.1, 0.15) is 11.5 Å². The van der Waals surface area contributed by atoms with Gasteiger partial charge in [-0.25, -0.2) is 0 Å². The highest BCUT2D eigenvalue weighted by Crippen LogP contribution is 2.22. The first-order valence-corrected chi connectivity index (χ1v) is 8.85. The minimum absolute atomic E-state index is 0. The first-order chi connectivity index (χ1) is 11.2. The Kier molecular flexibility index (Phi) is 6.97. The molecule has 2 aromatic heterocycles. The Hall–Kier alpha value is -1.22. The van der Waals surface area contributed by atoms with Gasteiger partial charge in [0.25, 0.3) is 0 Å². The molecule has 0 atom stereocenters. The van der Waals surface area contributed by atoms with E-state index in [0.717, 1.165) is 50.2 Å². The van der Waals surface area contributed by atoms with Crippen molar-refractivity contribution in [3.63, 3.8) is 0 Å². The summed E-state index contributed by atoms with van der Waals surface area (Å²) in [6.07, 6.45) is 0. The van der Waals surface area contributed by atoms with Crippen LogP contribution in [0.15, 0.2) is 33.0 Å². The molecule has 0 amide bonds. The molecule has 1 aliphatic rings. The summed E-state index contributed by atoms with van der Waals surface area (Å²) in [5, 5.41) is 6.95. The Balaban J connectivity index is 0.00000208. The van der Waals surface area contributed by atoms with E-state index in [1.807, 2.05) is 32.2 Å². The van der Waals surface area contributed by atoms with Crippen LogP contribution in [0.1, 0.15) is 17.1 Å². The smallest absolute Gasteiger partial charge is 0.194 e. The predicted octanol–water partition coefficient (Wildman–Crippen LogP) is 3.47. The third-order valence-corrected chi connectivity index (χ3v) is 5.12. The Labute approximate surface area is 164 Å². The summed E-state index contributed by atoms with van der Waals surface area (Å²) in [5.41, 5.74) is 1.20. The first-order valence-electron chi connectivity index (χ1n) is 7.97. The highest BCUT2D eigenvalue weighted by atomic mass is 127. The van der Waals surface area contributed by atoms with Crippen LogP contribution < -0.4 is 10.2 Å². The van der Waals surface area contributed by atoms with Crippen LogP contribution in [0, 0.1) is 13.8 Å². The summed E-state index contributed by atoms with van der Waals surface area (Å²) in [6.45, 7) is 8.78. The fourth-order valence-electron chi connectivity index (χ4n) is 2.95. The van der Waals surface area contributed by atoms with Crippen molar-refractivity contribution in [1.82, 2.24) is 10.2 Å². The molecule has 0 radical (unpaired) electrons. The van der Waals surface area contributed by atoms with Crippen LogP contribution in [0.3, 0.4) is 0 Å². The summed E-state index contributed by atoms with van der Waals surface area (Å²) in [6, 6.07) is 6.39. The number of furan rings is 1. The minimum Gasteiger partial charge on any atom is -0.466 e. The monoisotopic (exact) mass is 460 g/mol. The van der Waals surface area contributed by atoms with Gasteiger partial charge in [0.15, 0.2) is 5.96 Å². The second kappa shape index (κ2) is 8.75. The Morgan fingerprint density at radius 2 is 2.04 bits per heavy atom. The maximum Gasteiger partial charge on any atom is 0.194 e. The normalized spacial score (nSPS) is 15.4. The number of hydrogen-bond acceptors (Lipinski definition) is 4. The molecule has 132 valence electrons. The van der Waals surface area contributed by atoms with Gasteiger partial charge in [-0.15, -0.1) is 35.3 Å². The molecule has 1 saturated heterocycles. The predicted molar refractivity (Wildman–Crippen MR) is 112 cm³/mol. The van der Waals surface area contributed by atoms with Crippen LogP contribution in [-0.2, 0) is 6.54 Å². The number of nitrogens with zero attached hydrogens (tertiary/aromatic N) is 3. The highest BCUT2D eigenvalue weighted by Gasteiger charge is 2.20. The molecule has 5 nitrogen and oxygen atoms in total. The van der Waals surface area contributed by atoms with Gasteiger partial charge in [-0.2, -0.15) is 0 Å². The van der Waals surface area contributed by atoms with E-state index in [4.69, 9.17) is 4.42 Å². The van der Waals surface area contributed by atoms with Gasteiger partial charge in [-0.1, -0.05) is 0 Å². The van der Waals surface area contributed by atoms with Crippen LogP contribution in [0.5, 0.6) is 0 Å². The van der Waals surface area contributed by atoms with Crippen molar-refractivity contribution in [2.45, 2.75) is 20.4 Å². The third-order valence-electron chi connectivity index (χ3n) is 4.19. The van der Waals surface area contributed by atoms with E-state index in [1.54, 1.807) is 0 Å². The van der Waals surface area contributed by atoms with Crippen molar-refractivity contribution < 1.29 is 4.42 Å². The zero-order valence-electron chi connectivity index (χ0n) is 14.4. The molecule has 3 heterocycles. The topological polar surface area (TPSA) is 44.0 Å². The van der Waals surface area contributed by atoms with Crippen LogP contribution in [-0.4, -0.2) is 44.1 Å². The fourth-order valence-corrected chi connectivity index (χ4v) is 3.74. The van der Waals surface area contributed by atoms with Gasteiger partial charge < -0.3 is 19.5 Å². The molecule has 1 N–H and O–H groups in total. The average molecular weight is 460 g/mol. The lowest BCUT2D eigenvalue weighted by atomic mass is 10.2.